The van der Waals surface area contributed by atoms with Gasteiger partial charge in [-0.05, 0) is 43.6 Å². The minimum Gasteiger partial charge on any atom is -0.465 e. The molecular formula is C15H19NO2Rf. The fourth-order valence-electron chi connectivity index (χ4n) is 3.72. The van der Waals surface area contributed by atoms with Crippen LogP contribution < -0.4 is 0 Å². The number of amides is 1. The van der Waals surface area contributed by atoms with Crippen LogP contribution in [0.1, 0.15) is 31.2 Å². The Morgan fingerprint density at radius 3 is 2.26 bits per heavy atom. The first-order chi connectivity index (χ1) is 8.74. The third kappa shape index (κ3) is 2.37. The maximum absolute atomic E-state index is 11.2. The summed E-state index contributed by atoms with van der Waals surface area (Å²) in [5.41, 5.74) is 1.38. The Bertz CT molecular complexity index is 423. The average molecular weight is 512 g/mol. The van der Waals surface area contributed by atoms with Gasteiger partial charge >= 0.3 is 6.09 Å². The van der Waals surface area contributed by atoms with Gasteiger partial charge in [-0.1, -0.05) is 30.3 Å². The van der Waals surface area contributed by atoms with Crippen molar-refractivity contribution in [1.82, 2.24) is 4.90 Å². The average Bonchev–Trinajstić information content (AvgIpc) is 2.63. The van der Waals surface area contributed by atoms with Gasteiger partial charge in [0.2, 0.25) is 0 Å². The Hall–Kier alpha value is -2.51. The van der Waals surface area contributed by atoms with Crippen LogP contribution in [0.4, 0.5) is 4.79 Å². The Balaban J connectivity index is 0.00000133. The van der Waals surface area contributed by atoms with Gasteiger partial charge in [0.1, 0.15) is 0 Å². The van der Waals surface area contributed by atoms with Gasteiger partial charge in [-0.2, -0.15) is 0 Å². The molecule has 2 bridgehead atoms. The second-order valence-corrected chi connectivity index (χ2v) is 5.60. The molecule has 0 aliphatic carbocycles. The molecule has 2 fully saturated rings. The first-order valence-electron chi connectivity index (χ1n) is 6.79. The third-order valence-corrected chi connectivity index (χ3v) is 4.42. The molecule has 2 aliphatic rings. The summed E-state index contributed by atoms with van der Waals surface area (Å²) >= 11 is 0. The van der Waals surface area contributed by atoms with Crippen molar-refractivity contribution in [2.75, 3.05) is 0 Å². The summed E-state index contributed by atoms with van der Waals surface area (Å²) in [5, 5.41) is 9.22. The molecule has 1 aromatic carbocycles. The Labute approximate surface area is 107 Å². The number of fused-ring (bicyclic) bond motifs is 2. The standard InChI is InChI=1S/C15H19NO2.Rf/c17-15(18)16-13-6-7-14(16)10-12(9-13)8-11-4-2-1-3-5-11;/h1-5,12-14H,6-10H2,(H,17,18);/t12?,13-,14?;/m0./s1. The van der Waals surface area contributed by atoms with Gasteiger partial charge in [0.05, 0.1) is 0 Å². The van der Waals surface area contributed by atoms with Crippen LogP contribution in [0.5, 0.6) is 0 Å². The van der Waals surface area contributed by atoms with Crippen LogP contribution in [0.25, 0.3) is 0 Å². The van der Waals surface area contributed by atoms with Crippen molar-refractivity contribution < 1.29 is 9.90 Å². The zero-order valence-electron chi connectivity index (χ0n) is 11.2. The number of nitrogens with zero attached hydrogens (tertiary/aromatic N) is 1. The number of hydrogen-bond acceptors (Lipinski definition) is 1. The quantitative estimate of drug-likeness (QED) is 0.662. The molecule has 4 heteroatoms. The van der Waals surface area contributed by atoms with Gasteiger partial charge in [-0.3, -0.25) is 0 Å². The maximum atomic E-state index is 11.2. The van der Waals surface area contributed by atoms with Crippen molar-refractivity contribution in [3.63, 3.8) is 0 Å². The summed E-state index contributed by atoms with van der Waals surface area (Å²) in [6.45, 7) is 0. The van der Waals surface area contributed by atoms with Crippen LogP contribution in [0.3, 0.4) is 0 Å². The first-order valence-corrected chi connectivity index (χ1v) is 6.79. The minimum absolute atomic E-state index is 0. The van der Waals surface area contributed by atoms with Crippen molar-refractivity contribution in [3.8, 4) is 0 Å². The van der Waals surface area contributed by atoms with Crippen molar-refractivity contribution in [2.24, 2.45) is 5.92 Å². The molecule has 2 aliphatic heterocycles. The Kier molecular flexibility index (Phi) is 3.41. The maximum Gasteiger partial charge on any atom is 0.407 e. The molecule has 3 nitrogen and oxygen atoms in total. The number of rotatable bonds is 2. The van der Waals surface area contributed by atoms with Crippen molar-refractivity contribution >= 4 is 6.09 Å². The van der Waals surface area contributed by atoms with Gasteiger partial charge in [-0.25, -0.2) is 4.79 Å². The van der Waals surface area contributed by atoms with E-state index in [1.807, 2.05) is 6.07 Å². The van der Waals surface area contributed by atoms with Crippen LogP contribution in [-0.2, 0) is 6.42 Å². The van der Waals surface area contributed by atoms with E-state index in [4.69, 9.17) is 0 Å². The van der Waals surface area contributed by atoms with Crippen LogP contribution in [0, 0.1) is 5.92 Å². The fourth-order valence-corrected chi connectivity index (χ4v) is 3.72. The molecule has 1 aromatic rings. The van der Waals surface area contributed by atoms with E-state index in [-0.39, 0.29) is 12.1 Å². The molecular weight excluding hydrogens is 493 g/mol. The van der Waals surface area contributed by atoms with E-state index in [0.717, 1.165) is 32.1 Å². The molecule has 2 saturated heterocycles. The molecule has 3 atom stereocenters. The van der Waals surface area contributed by atoms with Crippen molar-refractivity contribution in [3.05, 3.63) is 35.9 Å². The summed E-state index contributed by atoms with van der Waals surface area (Å²) in [5.74, 6) is 0.653. The van der Waals surface area contributed by atoms with Gasteiger partial charge in [0.15, 0.2) is 0 Å². The summed E-state index contributed by atoms with van der Waals surface area (Å²) in [4.78, 5) is 12.9. The van der Waals surface area contributed by atoms with Crippen molar-refractivity contribution in [2.45, 2.75) is 44.2 Å². The molecule has 0 saturated carbocycles. The molecule has 1 amide bonds. The smallest absolute Gasteiger partial charge is 0.407 e. The number of piperidine rings is 1. The first kappa shape index (κ1) is 12.9. The summed E-state index contributed by atoms with van der Waals surface area (Å²) < 4.78 is 0. The zero-order chi connectivity index (χ0) is 12.5. The minimum atomic E-state index is -0.722. The third-order valence-electron chi connectivity index (χ3n) is 4.42. The molecule has 19 heavy (non-hydrogen) atoms. The zero-order valence-corrected chi connectivity index (χ0v) is 17.6. The largest absolute Gasteiger partial charge is 0.465 e. The van der Waals surface area contributed by atoms with Gasteiger partial charge in [-0.15, -0.1) is 0 Å². The van der Waals surface area contributed by atoms with E-state index < -0.39 is 6.09 Å². The van der Waals surface area contributed by atoms with E-state index >= 15 is 0 Å². The molecule has 0 aromatic heterocycles. The summed E-state index contributed by atoms with van der Waals surface area (Å²) in [6.07, 6.45) is 4.57. The van der Waals surface area contributed by atoms with E-state index in [0.29, 0.717) is 5.92 Å². The number of hydrogen-bond donors (Lipinski definition) is 1. The van der Waals surface area contributed by atoms with Gasteiger partial charge in [0, 0.05) is 12.1 Å². The van der Waals surface area contributed by atoms with E-state index in [1.54, 1.807) is 4.90 Å². The second kappa shape index (κ2) is 5.01. The van der Waals surface area contributed by atoms with E-state index in [9.17, 15) is 9.90 Å². The predicted molar refractivity (Wildman–Crippen MR) is 69.5 cm³/mol. The fraction of sp³-hybridized carbons (Fsp3) is 0.533. The molecule has 98 valence electrons. The monoisotopic (exact) mass is 512 g/mol. The summed E-state index contributed by atoms with van der Waals surface area (Å²) in [7, 11) is 0. The Morgan fingerprint density at radius 2 is 1.74 bits per heavy atom. The SMILES string of the molecule is O=C(O)N1C2CC[C@H]1CC(Cc1ccccc1)C2.[Rf]. The number of carbonyl (C=O) groups is 1. The molecule has 2 heterocycles. The second-order valence-electron chi connectivity index (χ2n) is 5.60. The molecule has 0 spiro atoms. The molecule has 0 radical (unpaired) electrons. The van der Waals surface area contributed by atoms with Crippen LogP contribution >= 0.6 is 0 Å². The normalized spacial score (nSPS) is 28.8. The van der Waals surface area contributed by atoms with Gasteiger partial charge < -0.3 is 10.0 Å². The molecule has 1 N–H and O–H groups in total. The Morgan fingerprint density at radius 1 is 1.16 bits per heavy atom. The van der Waals surface area contributed by atoms with E-state index in [2.05, 4.69) is 24.3 Å². The number of carboxylic acid groups (broad SMARTS) is 1. The number of benzene rings is 1. The summed E-state index contributed by atoms with van der Waals surface area (Å²) in [6, 6.07) is 11.1. The van der Waals surface area contributed by atoms with Crippen molar-refractivity contribution in [1.29, 1.82) is 0 Å². The van der Waals surface area contributed by atoms with Crippen LogP contribution in [-0.4, -0.2) is 28.2 Å². The predicted octanol–water partition coefficient (Wildman–Crippen LogP) is 3.15. The van der Waals surface area contributed by atoms with E-state index in [1.165, 1.54) is 5.56 Å². The molecule has 2 unspecified atom stereocenters. The van der Waals surface area contributed by atoms with Crippen LogP contribution in [0.15, 0.2) is 30.3 Å². The van der Waals surface area contributed by atoms with Gasteiger partial charge in [0.25, 0.3) is 0 Å². The van der Waals surface area contributed by atoms with Crippen LogP contribution in [0.2, 0.25) is 0 Å². The topological polar surface area (TPSA) is 40.5 Å². The molecule has 3 rings (SSSR count).